The van der Waals surface area contributed by atoms with Gasteiger partial charge in [-0.25, -0.2) is 0 Å². The molecule has 0 saturated carbocycles. The van der Waals surface area contributed by atoms with Gasteiger partial charge in [0.25, 0.3) is 0 Å². The second-order valence-electron chi connectivity index (χ2n) is 3.48. The average molecular weight is 221 g/mol. The van der Waals surface area contributed by atoms with E-state index in [1.807, 2.05) is 12.1 Å². The number of hydrogen-bond acceptors (Lipinski definition) is 3. The normalized spacial score (nSPS) is 13.2. The second kappa shape index (κ2) is 4.75. The summed E-state index contributed by atoms with van der Waals surface area (Å²) in [5.74, 6) is 0. The maximum Gasteiger partial charge on any atom is 0.0627 e. The van der Waals surface area contributed by atoms with Crippen LogP contribution in [0.3, 0.4) is 0 Å². The summed E-state index contributed by atoms with van der Waals surface area (Å²) in [6, 6.07) is 8.37. The van der Waals surface area contributed by atoms with Crippen molar-refractivity contribution >= 4 is 21.4 Å². The van der Waals surface area contributed by atoms with E-state index in [0.717, 1.165) is 6.54 Å². The lowest BCUT2D eigenvalue weighted by molar-refractivity contribution is 0.247. The van der Waals surface area contributed by atoms with E-state index in [0.29, 0.717) is 0 Å². The number of fused-ring (bicyclic) bond motifs is 1. The summed E-state index contributed by atoms with van der Waals surface area (Å²) in [6.07, 6.45) is 0. The van der Waals surface area contributed by atoms with Gasteiger partial charge >= 0.3 is 0 Å². The quantitative estimate of drug-likeness (QED) is 0.831. The average Bonchev–Trinajstić information content (AvgIpc) is 2.70. The van der Waals surface area contributed by atoms with Gasteiger partial charge in [0.2, 0.25) is 0 Å². The maximum absolute atomic E-state index is 9.33. The van der Waals surface area contributed by atoms with E-state index < -0.39 is 0 Å². The molecular weight excluding hydrogens is 206 g/mol. The summed E-state index contributed by atoms with van der Waals surface area (Å²) in [4.78, 5) is 0. The van der Waals surface area contributed by atoms with Crippen molar-refractivity contribution < 1.29 is 5.11 Å². The summed E-state index contributed by atoms with van der Waals surface area (Å²) in [7, 11) is 0. The molecule has 1 atom stereocenters. The van der Waals surface area contributed by atoms with E-state index in [1.165, 1.54) is 15.6 Å². The van der Waals surface area contributed by atoms with Gasteiger partial charge in [0.1, 0.15) is 0 Å². The third-order valence-electron chi connectivity index (χ3n) is 2.52. The summed E-state index contributed by atoms with van der Waals surface area (Å²) < 4.78 is 1.28. The zero-order valence-electron chi connectivity index (χ0n) is 8.73. The first-order valence-corrected chi connectivity index (χ1v) is 6.05. The number of hydrogen-bond donors (Lipinski definition) is 2. The van der Waals surface area contributed by atoms with Gasteiger partial charge in [-0.1, -0.05) is 25.1 Å². The van der Waals surface area contributed by atoms with E-state index in [1.54, 1.807) is 11.3 Å². The molecule has 1 aromatic heterocycles. The molecule has 80 valence electrons. The Morgan fingerprint density at radius 2 is 2.20 bits per heavy atom. The molecule has 3 heteroatoms. The van der Waals surface area contributed by atoms with Gasteiger partial charge in [0.05, 0.1) is 12.6 Å². The van der Waals surface area contributed by atoms with Crippen molar-refractivity contribution in [1.29, 1.82) is 0 Å². The molecular formula is C12H15NOS. The number of aliphatic hydroxyl groups is 1. The fraction of sp³-hybridized carbons (Fsp3) is 0.333. The van der Waals surface area contributed by atoms with Crippen molar-refractivity contribution in [2.45, 2.75) is 13.0 Å². The van der Waals surface area contributed by atoms with Gasteiger partial charge in [-0.15, -0.1) is 11.3 Å². The molecule has 0 aliphatic rings. The van der Waals surface area contributed by atoms with Crippen molar-refractivity contribution in [3.8, 4) is 0 Å². The second-order valence-corrected chi connectivity index (χ2v) is 4.39. The third-order valence-corrected chi connectivity index (χ3v) is 3.50. The van der Waals surface area contributed by atoms with Gasteiger partial charge in [-0.3, -0.25) is 0 Å². The molecule has 2 aromatic rings. The molecule has 1 heterocycles. The Hall–Kier alpha value is -0.900. The minimum atomic E-state index is 0.0612. The van der Waals surface area contributed by atoms with Gasteiger partial charge < -0.3 is 10.4 Å². The largest absolute Gasteiger partial charge is 0.394 e. The standard InChI is InChI=1S/C12H15NOS/c1-2-13-11(7-14)10-8-15-12-6-4-3-5-9(10)12/h3-6,8,11,13-14H,2,7H2,1H3. The van der Waals surface area contributed by atoms with Crippen molar-refractivity contribution in [3.05, 3.63) is 35.2 Å². The highest BCUT2D eigenvalue weighted by molar-refractivity contribution is 7.17. The summed E-state index contributed by atoms with van der Waals surface area (Å²) in [5.41, 5.74) is 1.21. The minimum Gasteiger partial charge on any atom is -0.394 e. The predicted octanol–water partition coefficient (Wildman–Crippen LogP) is 2.54. The molecule has 0 radical (unpaired) electrons. The summed E-state index contributed by atoms with van der Waals surface area (Å²) in [6.45, 7) is 3.07. The molecule has 0 aliphatic carbocycles. The van der Waals surface area contributed by atoms with Crippen molar-refractivity contribution in [3.63, 3.8) is 0 Å². The molecule has 1 unspecified atom stereocenters. The van der Waals surface area contributed by atoms with Crippen LogP contribution in [0.4, 0.5) is 0 Å². The lowest BCUT2D eigenvalue weighted by atomic mass is 10.1. The van der Waals surface area contributed by atoms with Crippen LogP contribution in [0.2, 0.25) is 0 Å². The highest BCUT2D eigenvalue weighted by atomic mass is 32.1. The fourth-order valence-electron chi connectivity index (χ4n) is 1.79. The maximum atomic E-state index is 9.33. The van der Waals surface area contributed by atoms with Crippen LogP contribution in [0.5, 0.6) is 0 Å². The first-order valence-electron chi connectivity index (χ1n) is 5.17. The van der Waals surface area contributed by atoms with Crippen LogP contribution in [0.1, 0.15) is 18.5 Å². The Balaban J connectivity index is 2.41. The molecule has 2 N–H and O–H groups in total. The topological polar surface area (TPSA) is 32.3 Å². The van der Waals surface area contributed by atoms with Crippen LogP contribution in [-0.4, -0.2) is 18.3 Å². The van der Waals surface area contributed by atoms with Crippen LogP contribution in [0, 0.1) is 0 Å². The van der Waals surface area contributed by atoms with Crippen LogP contribution >= 0.6 is 11.3 Å². The molecule has 0 aliphatic heterocycles. The Kier molecular flexibility index (Phi) is 3.36. The smallest absolute Gasteiger partial charge is 0.0627 e. The van der Waals surface area contributed by atoms with Crippen LogP contribution in [0.15, 0.2) is 29.6 Å². The molecule has 0 spiro atoms. The molecule has 0 fully saturated rings. The van der Waals surface area contributed by atoms with Crippen LogP contribution in [-0.2, 0) is 0 Å². The highest BCUT2D eigenvalue weighted by Gasteiger charge is 2.13. The molecule has 0 bridgehead atoms. The SMILES string of the molecule is CCNC(CO)c1csc2ccccc12. The Bertz CT molecular complexity index is 438. The number of rotatable bonds is 4. The third kappa shape index (κ3) is 2.04. The Labute approximate surface area is 93.6 Å². The monoisotopic (exact) mass is 221 g/mol. The van der Waals surface area contributed by atoms with Gasteiger partial charge in [-0.2, -0.15) is 0 Å². The van der Waals surface area contributed by atoms with E-state index in [-0.39, 0.29) is 12.6 Å². The Morgan fingerprint density at radius 1 is 1.40 bits per heavy atom. The molecule has 2 nitrogen and oxygen atoms in total. The van der Waals surface area contributed by atoms with Gasteiger partial charge in [0, 0.05) is 4.70 Å². The number of thiophene rings is 1. The van der Waals surface area contributed by atoms with E-state index in [4.69, 9.17) is 0 Å². The number of nitrogens with one attached hydrogen (secondary N) is 1. The molecule has 0 amide bonds. The number of aliphatic hydroxyl groups excluding tert-OH is 1. The predicted molar refractivity (Wildman–Crippen MR) is 65.3 cm³/mol. The Morgan fingerprint density at radius 3 is 2.93 bits per heavy atom. The van der Waals surface area contributed by atoms with E-state index in [2.05, 4.69) is 29.8 Å². The minimum absolute atomic E-state index is 0.0612. The van der Waals surface area contributed by atoms with E-state index >= 15 is 0 Å². The molecule has 2 rings (SSSR count). The summed E-state index contributed by atoms with van der Waals surface area (Å²) >= 11 is 1.73. The molecule has 1 aromatic carbocycles. The lowest BCUT2D eigenvalue weighted by Gasteiger charge is -2.14. The molecule has 0 saturated heterocycles. The van der Waals surface area contributed by atoms with Crippen molar-refractivity contribution in [2.75, 3.05) is 13.2 Å². The van der Waals surface area contributed by atoms with Crippen LogP contribution < -0.4 is 5.32 Å². The van der Waals surface area contributed by atoms with Crippen molar-refractivity contribution in [1.82, 2.24) is 5.32 Å². The summed E-state index contributed by atoms with van der Waals surface area (Å²) in [5, 5.41) is 16.0. The lowest BCUT2D eigenvalue weighted by Crippen LogP contribution is -2.23. The fourth-order valence-corrected chi connectivity index (χ4v) is 2.80. The van der Waals surface area contributed by atoms with Crippen LogP contribution in [0.25, 0.3) is 10.1 Å². The van der Waals surface area contributed by atoms with Crippen molar-refractivity contribution in [2.24, 2.45) is 0 Å². The zero-order valence-corrected chi connectivity index (χ0v) is 9.55. The number of benzene rings is 1. The van der Waals surface area contributed by atoms with E-state index in [9.17, 15) is 5.11 Å². The highest BCUT2D eigenvalue weighted by Crippen LogP contribution is 2.29. The van der Waals surface area contributed by atoms with Gasteiger partial charge in [-0.05, 0) is 28.9 Å². The first kappa shape index (κ1) is 10.6. The number of likely N-dealkylation sites (N-methyl/N-ethyl adjacent to an activating group) is 1. The van der Waals surface area contributed by atoms with Gasteiger partial charge in [0.15, 0.2) is 0 Å². The molecule has 15 heavy (non-hydrogen) atoms. The zero-order chi connectivity index (χ0) is 10.7. The first-order chi connectivity index (χ1) is 7.36.